The van der Waals surface area contributed by atoms with Crippen LogP contribution in [0.1, 0.15) is 25.3 Å². The summed E-state index contributed by atoms with van der Waals surface area (Å²) in [6.45, 7) is 2.51. The lowest BCUT2D eigenvalue weighted by atomic mass is 10.1. The van der Waals surface area contributed by atoms with E-state index in [4.69, 9.17) is 0 Å². The van der Waals surface area contributed by atoms with Gasteiger partial charge in [0.1, 0.15) is 11.9 Å². The number of rotatable bonds is 4. The van der Waals surface area contributed by atoms with E-state index < -0.39 is 6.04 Å². The molecule has 1 saturated heterocycles. The summed E-state index contributed by atoms with van der Waals surface area (Å²) in [5, 5.41) is 2.65. The minimum Gasteiger partial charge on any atom is -0.344 e. The molecular weight excluding hydrogens is 327 g/mol. The lowest BCUT2D eigenvalue weighted by molar-refractivity contribution is -0.134. The fourth-order valence-electron chi connectivity index (χ4n) is 2.24. The van der Waals surface area contributed by atoms with Gasteiger partial charge in [-0.05, 0) is 31.5 Å². The van der Waals surface area contributed by atoms with Crippen molar-refractivity contribution in [1.82, 2.24) is 10.2 Å². The molecule has 2 amide bonds. The molecular formula is C14H16BrFN2O2. The van der Waals surface area contributed by atoms with Crippen LogP contribution < -0.4 is 5.32 Å². The van der Waals surface area contributed by atoms with Crippen molar-refractivity contribution in [3.05, 3.63) is 34.1 Å². The monoisotopic (exact) mass is 342 g/mol. The van der Waals surface area contributed by atoms with Crippen molar-refractivity contribution < 1.29 is 14.0 Å². The third-order valence-corrected chi connectivity index (χ3v) is 3.85. The molecule has 1 aliphatic rings. The van der Waals surface area contributed by atoms with Crippen molar-refractivity contribution >= 4 is 27.7 Å². The molecule has 0 unspecified atom stereocenters. The number of carbonyl (C=O) groups excluding carboxylic acids is 2. The zero-order chi connectivity index (χ0) is 14.7. The Labute approximate surface area is 125 Å². The molecule has 0 aromatic heterocycles. The molecule has 1 atom stereocenters. The lowest BCUT2D eigenvalue weighted by Gasteiger charge is -2.24. The highest BCUT2D eigenvalue weighted by molar-refractivity contribution is 9.10. The average molecular weight is 343 g/mol. The maximum absolute atomic E-state index is 13.7. The van der Waals surface area contributed by atoms with Crippen molar-refractivity contribution in [2.75, 3.05) is 6.54 Å². The molecule has 0 bridgehead atoms. The third-order valence-electron chi connectivity index (χ3n) is 3.36. The van der Waals surface area contributed by atoms with E-state index in [9.17, 15) is 14.0 Å². The Balaban J connectivity index is 2.10. The van der Waals surface area contributed by atoms with Gasteiger partial charge in [-0.25, -0.2) is 4.39 Å². The van der Waals surface area contributed by atoms with E-state index in [-0.39, 0.29) is 24.2 Å². The van der Waals surface area contributed by atoms with E-state index >= 15 is 0 Å². The summed E-state index contributed by atoms with van der Waals surface area (Å²) in [7, 11) is 0. The summed E-state index contributed by atoms with van der Waals surface area (Å²) in [6.07, 6.45) is 0.883. The van der Waals surface area contributed by atoms with E-state index in [0.717, 1.165) is 4.47 Å². The van der Waals surface area contributed by atoms with Gasteiger partial charge in [-0.2, -0.15) is 0 Å². The molecule has 108 valence electrons. The molecule has 2 rings (SSSR count). The van der Waals surface area contributed by atoms with E-state index in [0.29, 0.717) is 24.9 Å². The molecule has 1 aliphatic heterocycles. The fourth-order valence-corrected chi connectivity index (χ4v) is 2.64. The van der Waals surface area contributed by atoms with E-state index in [1.54, 1.807) is 17.0 Å². The Bertz CT molecular complexity index is 536. The topological polar surface area (TPSA) is 49.4 Å². The first-order valence-electron chi connectivity index (χ1n) is 6.53. The predicted molar refractivity (Wildman–Crippen MR) is 76.4 cm³/mol. The Kier molecular flexibility index (Phi) is 4.75. The molecule has 1 aromatic carbocycles. The van der Waals surface area contributed by atoms with Crippen LogP contribution in [-0.4, -0.2) is 29.3 Å². The van der Waals surface area contributed by atoms with Crippen molar-refractivity contribution in [3.63, 3.8) is 0 Å². The zero-order valence-corrected chi connectivity index (χ0v) is 12.7. The summed E-state index contributed by atoms with van der Waals surface area (Å²) >= 11 is 3.29. The molecule has 4 nitrogen and oxygen atoms in total. The van der Waals surface area contributed by atoms with Gasteiger partial charge in [0, 0.05) is 29.5 Å². The second kappa shape index (κ2) is 6.35. The number of carbonyl (C=O) groups is 2. The number of amides is 2. The van der Waals surface area contributed by atoms with Crippen LogP contribution in [0.4, 0.5) is 4.39 Å². The van der Waals surface area contributed by atoms with Gasteiger partial charge in [-0.15, -0.1) is 0 Å². The molecule has 6 heteroatoms. The zero-order valence-electron chi connectivity index (χ0n) is 11.2. The summed E-state index contributed by atoms with van der Waals surface area (Å²) in [5.74, 6) is -0.597. The van der Waals surface area contributed by atoms with Crippen LogP contribution in [0.15, 0.2) is 22.7 Å². The van der Waals surface area contributed by atoms with E-state index in [1.165, 1.54) is 6.07 Å². The van der Waals surface area contributed by atoms with Gasteiger partial charge in [0.05, 0.1) is 0 Å². The highest BCUT2D eigenvalue weighted by Gasteiger charge is 2.30. The van der Waals surface area contributed by atoms with Crippen LogP contribution in [0.25, 0.3) is 0 Å². The van der Waals surface area contributed by atoms with Crippen molar-refractivity contribution in [2.45, 2.75) is 32.4 Å². The van der Waals surface area contributed by atoms with E-state index in [2.05, 4.69) is 21.2 Å². The number of hydrogen-bond donors (Lipinski definition) is 1. The van der Waals surface area contributed by atoms with Crippen molar-refractivity contribution in [2.24, 2.45) is 0 Å². The fraction of sp³-hybridized carbons (Fsp3) is 0.429. The molecule has 1 heterocycles. The van der Waals surface area contributed by atoms with Gasteiger partial charge >= 0.3 is 0 Å². The van der Waals surface area contributed by atoms with Crippen LogP contribution in [0.3, 0.4) is 0 Å². The first kappa shape index (κ1) is 15.0. The van der Waals surface area contributed by atoms with Gasteiger partial charge in [-0.3, -0.25) is 9.59 Å². The predicted octanol–water partition coefficient (Wildman–Crippen LogP) is 2.22. The second-order valence-corrected chi connectivity index (χ2v) is 5.66. The number of nitrogens with zero attached hydrogens (tertiary/aromatic N) is 1. The maximum atomic E-state index is 13.7. The first-order valence-corrected chi connectivity index (χ1v) is 7.32. The summed E-state index contributed by atoms with van der Waals surface area (Å²) < 4.78 is 14.5. The van der Waals surface area contributed by atoms with Crippen molar-refractivity contribution in [1.29, 1.82) is 0 Å². The molecule has 0 saturated carbocycles. The minimum absolute atomic E-state index is 0.104. The number of likely N-dealkylation sites (N-methyl/N-ethyl adjacent to an activating group) is 1. The summed E-state index contributed by atoms with van der Waals surface area (Å²) in [6, 6.07) is 4.18. The number of nitrogens with one attached hydrogen (secondary N) is 1. The normalized spacial score (nSPS) is 17.9. The summed E-state index contributed by atoms with van der Waals surface area (Å²) in [5.41, 5.74) is 0.457. The second-order valence-electron chi connectivity index (χ2n) is 4.75. The quantitative estimate of drug-likeness (QED) is 0.911. The SMILES string of the molecule is CCN(Cc1cc(Br)ccc1F)C(=O)[C@@H]1CCC(=O)N1. The van der Waals surface area contributed by atoms with Gasteiger partial charge in [0.15, 0.2) is 0 Å². The highest BCUT2D eigenvalue weighted by atomic mass is 79.9. The van der Waals surface area contributed by atoms with E-state index in [1.807, 2.05) is 6.92 Å². The molecule has 0 aliphatic carbocycles. The molecule has 1 aromatic rings. The third kappa shape index (κ3) is 3.36. The number of hydrogen-bond acceptors (Lipinski definition) is 2. The number of halogens is 2. The molecule has 1 N–H and O–H groups in total. The van der Waals surface area contributed by atoms with Crippen molar-refractivity contribution in [3.8, 4) is 0 Å². The average Bonchev–Trinajstić information content (AvgIpc) is 2.85. The van der Waals surface area contributed by atoms with Gasteiger partial charge < -0.3 is 10.2 Å². The Morgan fingerprint density at radius 3 is 2.90 bits per heavy atom. The minimum atomic E-state index is -0.474. The van der Waals surface area contributed by atoms with Crippen LogP contribution >= 0.6 is 15.9 Å². The van der Waals surface area contributed by atoms with Gasteiger partial charge in [-0.1, -0.05) is 15.9 Å². The smallest absolute Gasteiger partial charge is 0.245 e. The highest BCUT2D eigenvalue weighted by Crippen LogP contribution is 2.18. The van der Waals surface area contributed by atoms with Crippen LogP contribution in [0, 0.1) is 5.82 Å². The first-order chi connectivity index (χ1) is 9.51. The standard InChI is InChI=1S/C14H16BrFN2O2/c1-2-18(14(20)12-5-6-13(19)17-12)8-9-7-10(15)3-4-11(9)16/h3-4,7,12H,2,5-6,8H2,1H3,(H,17,19)/t12-/m0/s1. The summed E-state index contributed by atoms with van der Waals surface area (Å²) in [4.78, 5) is 25.0. The van der Waals surface area contributed by atoms with Crippen LogP contribution in [0.2, 0.25) is 0 Å². The van der Waals surface area contributed by atoms with Crippen LogP contribution in [0.5, 0.6) is 0 Å². The molecule has 1 fully saturated rings. The molecule has 0 radical (unpaired) electrons. The Hall–Kier alpha value is -1.43. The Morgan fingerprint density at radius 1 is 1.55 bits per heavy atom. The molecule has 0 spiro atoms. The Morgan fingerprint density at radius 2 is 2.30 bits per heavy atom. The van der Waals surface area contributed by atoms with Crippen LogP contribution in [-0.2, 0) is 16.1 Å². The lowest BCUT2D eigenvalue weighted by Crippen LogP contribution is -2.44. The maximum Gasteiger partial charge on any atom is 0.245 e. The molecule has 20 heavy (non-hydrogen) atoms. The van der Waals surface area contributed by atoms with Gasteiger partial charge in [0.25, 0.3) is 0 Å². The number of benzene rings is 1. The largest absolute Gasteiger partial charge is 0.344 e. The van der Waals surface area contributed by atoms with Gasteiger partial charge in [0.2, 0.25) is 11.8 Å².